The molecule has 1 atom stereocenters. The molecule has 0 heterocycles. The van der Waals surface area contributed by atoms with E-state index in [2.05, 4.69) is 19.9 Å². The summed E-state index contributed by atoms with van der Waals surface area (Å²) in [5.41, 5.74) is 1.65. The van der Waals surface area contributed by atoms with E-state index in [1.54, 1.807) is 0 Å². The second-order valence-electron chi connectivity index (χ2n) is 5.95. The first kappa shape index (κ1) is 13.4. The van der Waals surface area contributed by atoms with Gasteiger partial charge < -0.3 is 5.11 Å². The predicted molar refractivity (Wildman–Crippen MR) is 66.2 cm³/mol. The number of hydrogen-bond donors (Lipinski definition) is 1. The normalized spacial score (nSPS) is 21.4. The van der Waals surface area contributed by atoms with Crippen molar-refractivity contribution in [2.45, 2.75) is 52.9 Å². The summed E-state index contributed by atoms with van der Waals surface area (Å²) in [5, 5.41) is 8.91. The number of carbonyl (C=O) groups excluding carboxylic acids is 1. The Hall–Kier alpha value is -0.630. The van der Waals surface area contributed by atoms with Gasteiger partial charge in [0.15, 0.2) is 0 Å². The average Bonchev–Trinajstić information content (AvgIpc) is 2.15. The third-order valence-electron chi connectivity index (χ3n) is 3.27. The molecule has 0 fully saturated rings. The fraction of sp³-hybridized carbons (Fsp3) is 0.786. The second kappa shape index (κ2) is 5.62. The fourth-order valence-electron chi connectivity index (χ4n) is 2.36. The Morgan fingerprint density at radius 2 is 2.25 bits per heavy atom. The van der Waals surface area contributed by atoms with Crippen molar-refractivity contribution in [2.24, 2.45) is 11.3 Å². The minimum absolute atomic E-state index is 0.102. The molecule has 2 heteroatoms. The van der Waals surface area contributed by atoms with Gasteiger partial charge in [0, 0.05) is 19.4 Å². The highest BCUT2D eigenvalue weighted by atomic mass is 16.3. The molecule has 0 bridgehead atoms. The summed E-state index contributed by atoms with van der Waals surface area (Å²) in [6, 6.07) is 0. The van der Waals surface area contributed by atoms with Crippen molar-refractivity contribution in [3.05, 3.63) is 11.6 Å². The molecule has 2 nitrogen and oxygen atoms in total. The van der Waals surface area contributed by atoms with Crippen LogP contribution in [0.15, 0.2) is 11.6 Å². The zero-order valence-corrected chi connectivity index (χ0v) is 10.8. The third-order valence-corrected chi connectivity index (χ3v) is 3.27. The topological polar surface area (TPSA) is 37.3 Å². The maximum absolute atomic E-state index is 11.7. The summed E-state index contributed by atoms with van der Waals surface area (Å²) in [7, 11) is 0. The molecule has 0 aliphatic heterocycles. The highest BCUT2D eigenvalue weighted by Crippen LogP contribution is 2.36. The molecule has 0 aromatic carbocycles. The summed E-state index contributed by atoms with van der Waals surface area (Å²) in [6.45, 7) is 6.55. The highest BCUT2D eigenvalue weighted by Gasteiger charge is 2.23. The van der Waals surface area contributed by atoms with Gasteiger partial charge in [-0.1, -0.05) is 32.4 Å². The van der Waals surface area contributed by atoms with Crippen molar-refractivity contribution in [3.8, 4) is 0 Å². The standard InChI is InChI=1S/C14H24O2/c1-11(10-15)7-13(16)8-12-5-4-6-14(2,3)9-12/h5,11,15H,4,6-10H2,1-3H3. The Morgan fingerprint density at radius 3 is 2.81 bits per heavy atom. The zero-order valence-electron chi connectivity index (χ0n) is 10.8. The molecule has 1 unspecified atom stereocenters. The molecular formula is C14H24O2. The molecule has 1 aliphatic rings. The van der Waals surface area contributed by atoms with Gasteiger partial charge in [-0.15, -0.1) is 0 Å². The summed E-state index contributed by atoms with van der Waals surface area (Å²) >= 11 is 0. The van der Waals surface area contributed by atoms with E-state index in [0.717, 1.165) is 12.8 Å². The number of rotatable bonds is 5. The lowest BCUT2D eigenvalue weighted by Crippen LogP contribution is -2.18. The van der Waals surface area contributed by atoms with Crippen LogP contribution < -0.4 is 0 Å². The molecule has 16 heavy (non-hydrogen) atoms. The molecule has 0 amide bonds. The van der Waals surface area contributed by atoms with Gasteiger partial charge in [0.2, 0.25) is 0 Å². The van der Waals surface area contributed by atoms with E-state index in [1.807, 2.05) is 6.92 Å². The monoisotopic (exact) mass is 224 g/mol. The number of Topliss-reactive ketones (excluding diaryl/α,β-unsaturated/α-hetero) is 1. The molecule has 1 aliphatic carbocycles. The second-order valence-corrected chi connectivity index (χ2v) is 5.95. The van der Waals surface area contributed by atoms with E-state index in [-0.39, 0.29) is 18.3 Å². The number of hydrogen-bond acceptors (Lipinski definition) is 2. The van der Waals surface area contributed by atoms with Crippen LogP contribution >= 0.6 is 0 Å². The SMILES string of the molecule is CC(CO)CC(=O)CC1=CCCC(C)(C)C1. The van der Waals surface area contributed by atoms with Gasteiger partial charge in [-0.2, -0.15) is 0 Å². The highest BCUT2D eigenvalue weighted by molar-refractivity contribution is 5.81. The van der Waals surface area contributed by atoms with Crippen molar-refractivity contribution in [1.82, 2.24) is 0 Å². The van der Waals surface area contributed by atoms with Crippen molar-refractivity contribution in [3.63, 3.8) is 0 Å². The van der Waals surface area contributed by atoms with Crippen LogP contribution in [0.1, 0.15) is 52.9 Å². The van der Waals surface area contributed by atoms with Crippen molar-refractivity contribution >= 4 is 5.78 Å². The molecule has 1 N–H and O–H groups in total. The molecule has 92 valence electrons. The van der Waals surface area contributed by atoms with Gasteiger partial charge in [0.05, 0.1) is 0 Å². The van der Waals surface area contributed by atoms with Crippen LogP contribution in [0.25, 0.3) is 0 Å². The van der Waals surface area contributed by atoms with E-state index >= 15 is 0 Å². The van der Waals surface area contributed by atoms with Gasteiger partial charge in [-0.05, 0) is 30.6 Å². The van der Waals surface area contributed by atoms with Gasteiger partial charge in [-0.3, -0.25) is 4.79 Å². The molecule has 0 saturated carbocycles. The molecule has 0 aromatic heterocycles. The first-order valence-corrected chi connectivity index (χ1v) is 6.23. The quantitative estimate of drug-likeness (QED) is 0.729. The van der Waals surface area contributed by atoms with Crippen LogP contribution in [0.3, 0.4) is 0 Å². The predicted octanol–water partition coefficient (Wildman–Crippen LogP) is 3.10. The maximum atomic E-state index is 11.7. The van der Waals surface area contributed by atoms with Crippen molar-refractivity contribution in [2.75, 3.05) is 6.61 Å². The Labute approximate surface area is 98.7 Å². The van der Waals surface area contributed by atoms with Gasteiger partial charge >= 0.3 is 0 Å². The van der Waals surface area contributed by atoms with Crippen LogP contribution in [0, 0.1) is 11.3 Å². The Bertz CT molecular complexity index is 276. The summed E-state index contributed by atoms with van der Waals surface area (Å²) in [4.78, 5) is 11.7. The zero-order chi connectivity index (χ0) is 12.2. The van der Waals surface area contributed by atoms with E-state index in [0.29, 0.717) is 18.3 Å². The fourth-order valence-corrected chi connectivity index (χ4v) is 2.36. The van der Waals surface area contributed by atoms with Gasteiger partial charge in [0.1, 0.15) is 5.78 Å². The molecule has 0 saturated heterocycles. The van der Waals surface area contributed by atoms with Crippen LogP contribution in [-0.4, -0.2) is 17.5 Å². The van der Waals surface area contributed by atoms with Crippen LogP contribution in [0.5, 0.6) is 0 Å². The molecular weight excluding hydrogens is 200 g/mol. The van der Waals surface area contributed by atoms with Crippen molar-refractivity contribution in [1.29, 1.82) is 0 Å². The van der Waals surface area contributed by atoms with Crippen molar-refractivity contribution < 1.29 is 9.90 Å². The summed E-state index contributed by atoms with van der Waals surface area (Å²) < 4.78 is 0. The lowest BCUT2D eigenvalue weighted by molar-refractivity contribution is -0.119. The van der Waals surface area contributed by atoms with Crippen LogP contribution in [-0.2, 0) is 4.79 Å². The summed E-state index contributed by atoms with van der Waals surface area (Å²) in [5.74, 6) is 0.371. The average molecular weight is 224 g/mol. The lowest BCUT2D eigenvalue weighted by Gasteiger charge is -2.29. The minimum atomic E-state index is 0.102. The molecule has 0 aromatic rings. The Kier molecular flexibility index (Phi) is 4.72. The largest absolute Gasteiger partial charge is 0.396 e. The Balaban J connectivity index is 2.43. The number of carbonyl (C=O) groups is 1. The summed E-state index contributed by atoms with van der Waals surface area (Å²) in [6.07, 6.45) is 6.70. The molecule has 0 spiro atoms. The third kappa shape index (κ3) is 4.48. The number of allylic oxidation sites excluding steroid dienone is 2. The Morgan fingerprint density at radius 1 is 1.56 bits per heavy atom. The van der Waals surface area contributed by atoms with Crippen LogP contribution in [0.2, 0.25) is 0 Å². The van der Waals surface area contributed by atoms with E-state index in [1.165, 1.54) is 12.0 Å². The molecule has 1 rings (SSSR count). The molecule has 0 radical (unpaired) electrons. The van der Waals surface area contributed by atoms with E-state index in [4.69, 9.17) is 5.11 Å². The number of aliphatic hydroxyl groups is 1. The van der Waals surface area contributed by atoms with E-state index < -0.39 is 0 Å². The first-order valence-electron chi connectivity index (χ1n) is 6.23. The number of ketones is 1. The lowest BCUT2D eigenvalue weighted by atomic mass is 9.76. The number of aliphatic hydroxyl groups excluding tert-OH is 1. The first-order chi connectivity index (χ1) is 7.43. The van der Waals surface area contributed by atoms with E-state index in [9.17, 15) is 4.79 Å². The van der Waals surface area contributed by atoms with Gasteiger partial charge in [0.25, 0.3) is 0 Å². The minimum Gasteiger partial charge on any atom is -0.396 e. The maximum Gasteiger partial charge on any atom is 0.137 e. The van der Waals surface area contributed by atoms with Gasteiger partial charge in [-0.25, -0.2) is 0 Å². The van der Waals surface area contributed by atoms with Crippen LogP contribution in [0.4, 0.5) is 0 Å². The smallest absolute Gasteiger partial charge is 0.137 e.